The number of thiazole rings is 1. The van der Waals surface area contributed by atoms with Gasteiger partial charge in [-0.2, -0.15) is 0 Å². The minimum atomic E-state index is -0.388. The first-order chi connectivity index (χ1) is 8.85. The lowest BCUT2D eigenvalue weighted by molar-refractivity contribution is -0.122. The molecule has 1 rings (SSSR count). The summed E-state index contributed by atoms with van der Waals surface area (Å²) in [5.74, 6) is -0.0422. The average Bonchev–Trinajstić information content (AvgIpc) is 2.59. The Morgan fingerprint density at radius 3 is 2.74 bits per heavy atom. The van der Waals surface area contributed by atoms with Crippen molar-refractivity contribution in [2.45, 2.75) is 52.1 Å². The predicted molar refractivity (Wildman–Crippen MR) is 76.5 cm³/mol. The molecule has 0 spiro atoms. The summed E-state index contributed by atoms with van der Waals surface area (Å²) in [6.07, 6.45) is 1.55. The van der Waals surface area contributed by atoms with Crippen molar-refractivity contribution in [2.75, 3.05) is 6.61 Å². The minimum absolute atomic E-state index is 0.0264. The molecule has 0 radical (unpaired) electrons. The number of amides is 1. The highest BCUT2D eigenvalue weighted by molar-refractivity contribution is 7.07. The van der Waals surface area contributed by atoms with Crippen LogP contribution in [-0.2, 0) is 11.3 Å². The third-order valence-corrected chi connectivity index (χ3v) is 3.86. The van der Waals surface area contributed by atoms with Crippen LogP contribution < -0.4 is 10.2 Å². The Kier molecular flexibility index (Phi) is 5.75. The number of nitrogens with zero attached hydrogens (tertiary/aromatic N) is 1. The van der Waals surface area contributed by atoms with Crippen LogP contribution in [0, 0.1) is 6.92 Å². The summed E-state index contributed by atoms with van der Waals surface area (Å²) in [7, 11) is 0. The van der Waals surface area contributed by atoms with Crippen molar-refractivity contribution in [2.24, 2.45) is 0 Å². The van der Waals surface area contributed by atoms with Gasteiger partial charge in [0.25, 0.3) is 0 Å². The van der Waals surface area contributed by atoms with Crippen LogP contribution in [0.15, 0.2) is 10.2 Å². The highest BCUT2D eigenvalue weighted by Gasteiger charge is 2.19. The monoisotopic (exact) mass is 286 g/mol. The molecule has 0 aromatic carbocycles. The van der Waals surface area contributed by atoms with Crippen molar-refractivity contribution in [3.63, 3.8) is 0 Å². The molecular weight excluding hydrogens is 264 g/mol. The molecule has 2 N–H and O–H groups in total. The number of aliphatic hydroxyl groups is 1. The number of aromatic nitrogens is 1. The third kappa shape index (κ3) is 5.16. The largest absolute Gasteiger partial charge is 0.396 e. The molecule has 0 atom stereocenters. The van der Waals surface area contributed by atoms with Crippen molar-refractivity contribution < 1.29 is 9.90 Å². The normalized spacial score (nSPS) is 11.6. The third-order valence-electron chi connectivity index (χ3n) is 2.98. The molecular formula is C13H22N2O3S. The van der Waals surface area contributed by atoms with Crippen LogP contribution in [0.4, 0.5) is 0 Å². The van der Waals surface area contributed by atoms with Gasteiger partial charge in [-0.05, 0) is 33.6 Å². The average molecular weight is 286 g/mol. The van der Waals surface area contributed by atoms with Crippen LogP contribution in [0.5, 0.6) is 0 Å². The Labute approximate surface area is 117 Å². The summed E-state index contributed by atoms with van der Waals surface area (Å²) in [5.41, 5.74) is 0.553. The summed E-state index contributed by atoms with van der Waals surface area (Å²) in [5, 5.41) is 13.6. The van der Waals surface area contributed by atoms with E-state index in [0.717, 1.165) is 5.69 Å². The fourth-order valence-electron chi connectivity index (χ4n) is 1.85. The van der Waals surface area contributed by atoms with Gasteiger partial charge in [-0.1, -0.05) is 11.3 Å². The van der Waals surface area contributed by atoms with E-state index in [9.17, 15) is 9.59 Å². The maximum Gasteiger partial charge on any atom is 0.307 e. The zero-order chi connectivity index (χ0) is 14.5. The molecule has 6 heteroatoms. The van der Waals surface area contributed by atoms with Gasteiger partial charge in [0.1, 0.15) is 0 Å². The number of aliphatic hydroxyl groups excluding tert-OH is 1. The predicted octanol–water partition coefficient (Wildman–Crippen LogP) is 1.28. The fourth-order valence-corrected chi connectivity index (χ4v) is 2.62. The van der Waals surface area contributed by atoms with E-state index in [1.165, 1.54) is 11.3 Å². The molecule has 0 fully saturated rings. The summed E-state index contributed by atoms with van der Waals surface area (Å²) >= 11 is 1.19. The standard InChI is InChI=1S/C13H22N2O3S/c1-10-9-19-12(18)15(10)7-4-5-11(17)14-13(2,3)6-8-16/h9,16H,4-8H2,1-3H3,(H,14,17). The van der Waals surface area contributed by atoms with E-state index < -0.39 is 0 Å². The SMILES string of the molecule is Cc1csc(=O)n1CCCC(=O)NC(C)(C)CCO. The van der Waals surface area contributed by atoms with Crippen LogP contribution >= 0.6 is 11.3 Å². The molecule has 0 unspecified atom stereocenters. The second-order valence-corrected chi connectivity index (χ2v) is 6.12. The van der Waals surface area contributed by atoms with Crippen molar-refractivity contribution in [3.8, 4) is 0 Å². The molecule has 5 nitrogen and oxygen atoms in total. The maximum atomic E-state index is 11.8. The maximum absolute atomic E-state index is 11.8. The Bertz CT molecular complexity index is 476. The van der Waals surface area contributed by atoms with Crippen molar-refractivity contribution in [1.82, 2.24) is 9.88 Å². The molecule has 0 aliphatic carbocycles. The van der Waals surface area contributed by atoms with Gasteiger partial charge in [0.15, 0.2) is 0 Å². The molecule has 0 bridgehead atoms. The Morgan fingerprint density at radius 1 is 1.53 bits per heavy atom. The molecule has 1 aromatic heterocycles. The summed E-state index contributed by atoms with van der Waals surface area (Å²) < 4.78 is 1.69. The van der Waals surface area contributed by atoms with Gasteiger partial charge in [0.2, 0.25) is 5.91 Å². The first kappa shape index (κ1) is 15.9. The molecule has 108 valence electrons. The van der Waals surface area contributed by atoms with E-state index in [1.54, 1.807) is 4.57 Å². The lowest BCUT2D eigenvalue weighted by atomic mass is 10.0. The highest BCUT2D eigenvalue weighted by atomic mass is 32.1. The molecule has 0 aliphatic rings. The molecule has 0 saturated carbocycles. The van der Waals surface area contributed by atoms with Crippen molar-refractivity contribution >= 4 is 17.2 Å². The lowest BCUT2D eigenvalue weighted by Crippen LogP contribution is -2.44. The topological polar surface area (TPSA) is 71.3 Å². The minimum Gasteiger partial charge on any atom is -0.396 e. The van der Waals surface area contributed by atoms with Gasteiger partial charge in [-0.25, -0.2) is 0 Å². The van der Waals surface area contributed by atoms with Crippen LogP contribution in [-0.4, -0.2) is 27.7 Å². The van der Waals surface area contributed by atoms with Gasteiger partial charge in [0.05, 0.1) is 0 Å². The summed E-state index contributed by atoms with van der Waals surface area (Å²) in [6.45, 7) is 6.28. The Hall–Kier alpha value is -1.14. The lowest BCUT2D eigenvalue weighted by Gasteiger charge is -2.25. The van der Waals surface area contributed by atoms with E-state index in [4.69, 9.17) is 5.11 Å². The fraction of sp³-hybridized carbons (Fsp3) is 0.692. The van der Waals surface area contributed by atoms with Gasteiger partial charge < -0.3 is 15.0 Å². The van der Waals surface area contributed by atoms with Gasteiger partial charge in [-0.15, -0.1) is 0 Å². The van der Waals surface area contributed by atoms with Gasteiger partial charge in [0, 0.05) is 36.2 Å². The van der Waals surface area contributed by atoms with E-state index >= 15 is 0 Å². The van der Waals surface area contributed by atoms with Crippen molar-refractivity contribution in [3.05, 3.63) is 20.7 Å². The molecule has 1 amide bonds. The number of hydrogen-bond acceptors (Lipinski definition) is 4. The number of hydrogen-bond donors (Lipinski definition) is 2. The second-order valence-electron chi connectivity index (χ2n) is 5.30. The highest BCUT2D eigenvalue weighted by Crippen LogP contribution is 2.08. The van der Waals surface area contributed by atoms with Crippen LogP contribution in [0.3, 0.4) is 0 Å². The van der Waals surface area contributed by atoms with Crippen LogP contribution in [0.1, 0.15) is 38.8 Å². The molecule has 0 aliphatic heterocycles. The van der Waals surface area contributed by atoms with E-state index in [0.29, 0.717) is 25.8 Å². The van der Waals surface area contributed by atoms with Crippen LogP contribution in [0.2, 0.25) is 0 Å². The molecule has 1 aromatic rings. The van der Waals surface area contributed by atoms with E-state index in [1.807, 2.05) is 26.2 Å². The second kappa shape index (κ2) is 6.86. The number of nitrogens with one attached hydrogen (secondary N) is 1. The quantitative estimate of drug-likeness (QED) is 0.793. The summed E-state index contributed by atoms with van der Waals surface area (Å²) in [6, 6.07) is 0. The van der Waals surface area contributed by atoms with E-state index in [-0.39, 0.29) is 22.9 Å². The number of rotatable bonds is 7. The number of carbonyl (C=O) groups is 1. The Morgan fingerprint density at radius 2 is 2.21 bits per heavy atom. The zero-order valence-electron chi connectivity index (χ0n) is 11.7. The summed E-state index contributed by atoms with van der Waals surface area (Å²) in [4.78, 5) is 23.3. The Balaban J connectivity index is 2.38. The molecule has 1 heterocycles. The van der Waals surface area contributed by atoms with Gasteiger partial charge >= 0.3 is 4.87 Å². The first-order valence-electron chi connectivity index (χ1n) is 6.42. The van der Waals surface area contributed by atoms with Crippen LogP contribution in [0.25, 0.3) is 0 Å². The van der Waals surface area contributed by atoms with E-state index in [2.05, 4.69) is 5.32 Å². The van der Waals surface area contributed by atoms with Crippen molar-refractivity contribution in [1.29, 1.82) is 0 Å². The zero-order valence-corrected chi connectivity index (χ0v) is 12.5. The number of carbonyl (C=O) groups excluding carboxylic acids is 1. The first-order valence-corrected chi connectivity index (χ1v) is 7.30. The molecule has 19 heavy (non-hydrogen) atoms. The van der Waals surface area contributed by atoms with Gasteiger partial charge in [-0.3, -0.25) is 9.59 Å². The molecule has 0 saturated heterocycles. The smallest absolute Gasteiger partial charge is 0.307 e. The number of aryl methyl sites for hydroxylation is 1.